The first kappa shape index (κ1) is 20.9. The molecule has 0 unspecified atom stereocenters. The Morgan fingerprint density at radius 2 is 1.62 bits per heavy atom. The molecule has 5 nitrogen and oxygen atoms in total. The van der Waals surface area contributed by atoms with E-state index in [1.807, 2.05) is 50.2 Å². The summed E-state index contributed by atoms with van der Waals surface area (Å²) in [5.74, 6) is 0. The molecule has 136 valence electrons. The molecular formula is C18H32N2O3Si. The van der Waals surface area contributed by atoms with Crippen LogP contribution in [0.25, 0.3) is 0 Å². The molecule has 0 atom stereocenters. The van der Waals surface area contributed by atoms with Crippen LogP contribution in [0, 0.1) is 0 Å². The molecule has 6 heteroatoms. The molecule has 0 aliphatic rings. The second kappa shape index (κ2) is 12.2. The van der Waals surface area contributed by atoms with E-state index in [1.165, 1.54) is 5.56 Å². The van der Waals surface area contributed by atoms with E-state index in [9.17, 15) is 0 Å². The van der Waals surface area contributed by atoms with Gasteiger partial charge in [-0.25, -0.2) is 5.43 Å². The number of hydrogen-bond acceptors (Lipinski definition) is 5. The van der Waals surface area contributed by atoms with Gasteiger partial charge in [-0.05, 0) is 32.8 Å². The lowest BCUT2D eigenvalue weighted by Gasteiger charge is -2.29. The fourth-order valence-corrected chi connectivity index (χ4v) is 5.11. The van der Waals surface area contributed by atoms with E-state index in [1.54, 1.807) is 0 Å². The number of rotatable bonds is 14. The average molecular weight is 353 g/mol. The Morgan fingerprint density at radius 1 is 1.04 bits per heavy atom. The first-order valence-corrected chi connectivity index (χ1v) is 10.7. The summed E-state index contributed by atoms with van der Waals surface area (Å²) in [5.41, 5.74) is 4.63. The summed E-state index contributed by atoms with van der Waals surface area (Å²) in [6.45, 7) is 13.3. The molecule has 0 saturated heterocycles. The van der Waals surface area contributed by atoms with Gasteiger partial charge >= 0.3 is 8.80 Å². The molecule has 0 fully saturated rings. The van der Waals surface area contributed by atoms with E-state index in [0.29, 0.717) is 19.8 Å². The molecule has 1 rings (SSSR count). The maximum Gasteiger partial charge on any atom is 0.500 e. The van der Waals surface area contributed by atoms with Gasteiger partial charge in [0.25, 0.3) is 0 Å². The van der Waals surface area contributed by atoms with Crippen LogP contribution in [-0.2, 0) is 19.8 Å². The van der Waals surface area contributed by atoms with Crippen molar-refractivity contribution >= 4 is 8.80 Å². The zero-order valence-electron chi connectivity index (χ0n) is 15.3. The van der Waals surface area contributed by atoms with Crippen molar-refractivity contribution in [1.29, 1.82) is 0 Å². The van der Waals surface area contributed by atoms with Crippen LogP contribution >= 0.6 is 0 Å². The highest BCUT2D eigenvalue weighted by atomic mass is 28.4. The zero-order chi connectivity index (χ0) is 17.7. The summed E-state index contributed by atoms with van der Waals surface area (Å²) < 4.78 is 17.6. The van der Waals surface area contributed by atoms with Crippen molar-refractivity contribution in [3.8, 4) is 0 Å². The predicted molar refractivity (Wildman–Crippen MR) is 100 cm³/mol. The smallest absolute Gasteiger partial charge is 0.374 e. The van der Waals surface area contributed by atoms with Gasteiger partial charge in [0.2, 0.25) is 0 Å². The van der Waals surface area contributed by atoms with Gasteiger partial charge in [-0.1, -0.05) is 36.9 Å². The van der Waals surface area contributed by atoms with Crippen molar-refractivity contribution in [1.82, 2.24) is 10.4 Å². The maximum absolute atomic E-state index is 5.87. The van der Waals surface area contributed by atoms with Gasteiger partial charge in [-0.3, -0.25) is 0 Å². The second-order valence-electron chi connectivity index (χ2n) is 5.29. The Hall–Kier alpha value is -1.18. The Bertz CT molecular complexity index is 428. The molecule has 1 N–H and O–H groups in total. The molecule has 24 heavy (non-hydrogen) atoms. The van der Waals surface area contributed by atoms with Gasteiger partial charge in [-0.2, -0.15) is 0 Å². The monoisotopic (exact) mass is 352 g/mol. The third-order valence-electron chi connectivity index (χ3n) is 3.48. The molecule has 1 aromatic rings. The molecule has 1 aromatic carbocycles. The van der Waals surface area contributed by atoms with Gasteiger partial charge in [-0.15, -0.1) is 0 Å². The highest BCUT2D eigenvalue weighted by Gasteiger charge is 2.39. The zero-order valence-corrected chi connectivity index (χ0v) is 16.3. The van der Waals surface area contributed by atoms with Gasteiger partial charge in [0.05, 0.1) is 6.54 Å². The summed E-state index contributed by atoms with van der Waals surface area (Å²) in [5, 5.41) is 2.00. The topological polar surface area (TPSA) is 43.0 Å². The summed E-state index contributed by atoms with van der Waals surface area (Å²) in [4.78, 5) is 0. The number of nitrogens with one attached hydrogen (secondary N) is 1. The predicted octanol–water partition coefficient (Wildman–Crippen LogP) is 3.58. The number of benzene rings is 1. The van der Waals surface area contributed by atoms with E-state index in [0.717, 1.165) is 25.6 Å². The van der Waals surface area contributed by atoms with Crippen molar-refractivity contribution in [3.05, 3.63) is 48.7 Å². The van der Waals surface area contributed by atoms with Gasteiger partial charge in [0, 0.05) is 38.6 Å². The van der Waals surface area contributed by atoms with E-state index >= 15 is 0 Å². The fourth-order valence-electron chi connectivity index (χ4n) is 2.49. The number of hydrazine groups is 1. The summed E-state index contributed by atoms with van der Waals surface area (Å²) >= 11 is 0. The quantitative estimate of drug-likeness (QED) is 0.315. The van der Waals surface area contributed by atoms with Crippen LogP contribution in [0.3, 0.4) is 0 Å². The number of hydrogen-bond donors (Lipinski definition) is 1. The molecule has 0 aliphatic heterocycles. The summed E-state index contributed by atoms with van der Waals surface area (Å²) in [6.07, 6.45) is 2.73. The van der Waals surface area contributed by atoms with Gasteiger partial charge in [0.1, 0.15) is 0 Å². The minimum atomic E-state index is -2.54. The van der Waals surface area contributed by atoms with Crippen LogP contribution in [0.4, 0.5) is 0 Å². The van der Waals surface area contributed by atoms with E-state index in [2.05, 4.69) is 24.1 Å². The summed E-state index contributed by atoms with van der Waals surface area (Å²) in [6, 6.07) is 11.1. The highest BCUT2D eigenvalue weighted by Crippen LogP contribution is 2.17. The minimum absolute atomic E-state index is 0.618. The summed E-state index contributed by atoms with van der Waals surface area (Å²) in [7, 11) is -2.54. The van der Waals surface area contributed by atoms with Crippen molar-refractivity contribution in [3.63, 3.8) is 0 Å². The Morgan fingerprint density at radius 3 is 2.12 bits per heavy atom. The third-order valence-corrected chi connectivity index (χ3v) is 6.63. The normalized spacial score (nSPS) is 11.5. The first-order valence-electron chi connectivity index (χ1n) is 8.78. The van der Waals surface area contributed by atoms with Crippen molar-refractivity contribution < 1.29 is 13.3 Å². The van der Waals surface area contributed by atoms with Crippen molar-refractivity contribution in [2.45, 2.75) is 39.8 Å². The molecular weight excluding hydrogens is 320 g/mol. The van der Waals surface area contributed by atoms with Crippen LogP contribution in [0.1, 0.15) is 32.8 Å². The molecule has 0 bridgehead atoms. The third kappa shape index (κ3) is 7.59. The molecule has 0 aliphatic carbocycles. The van der Waals surface area contributed by atoms with E-state index in [4.69, 9.17) is 13.3 Å². The second-order valence-corrected chi connectivity index (χ2v) is 8.02. The van der Waals surface area contributed by atoms with Crippen molar-refractivity contribution in [2.75, 3.05) is 26.4 Å². The Kier molecular flexibility index (Phi) is 10.6. The van der Waals surface area contributed by atoms with Crippen LogP contribution < -0.4 is 5.43 Å². The lowest BCUT2D eigenvalue weighted by molar-refractivity contribution is 0.0704. The fraction of sp³-hybridized carbons (Fsp3) is 0.556. The molecule has 0 heterocycles. The lowest BCUT2D eigenvalue weighted by atomic mass is 10.2. The molecule has 0 spiro atoms. The molecule has 0 radical (unpaired) electrons. The number of nitrogens with zero attached hydrogens (tertiary/aromatic N) is 1. The lowest BCUT2D eigenvalue weighted by Crippen LogP contribution is -2.46. The minimum Gasteiger partial charge on any atom is -0.374 e. The van der Waals surface area contributed by atoms with Gasteiger partial charge < -0.3 is 18.3 Å². The molecule has 0 amide bonds. The van der Waals surface area contributed by atoms with Crippen LogP contribution in [-0.4, -0.2) is 40.2 Å². The van der Waals surface area contributed by atoms with Crippen molar-refractivity contribution in [2.24, 2.45) is 0 Å². The largest absolute Gasteiger partial charge is 0.500 e. The Labute approximate surface area is 147 Å². The van der Waals surface area contributed by atoms with Gasteiger partial charge in [0.15, 0.2) is 0 Å². The highest BCUT2D eigenvalue weighted by molar-refractivity contribution is 6.60. The standard InChI is InChI=1S/C18H32N2O3Si/c1-5-20(17-18-13-10-9-11-14-18)19-15-12-16-24(21-6-2,22-7-3)23-8-4/h5,9-11,13-14,19H,1,6-8,12,15-17H2,2-4H3. The molecule has 0 saturated carbocycles. The average Bonchev–Trinajstić information content (AvgIpc) is 2.59. The first-order chi connectivity index (χ1) is 11.7. The van der Waals surface area contributed by atoms with Crippen LogP contribution in [0.5, 0.6) is 0 Å². The van der Waals surface area contributed by atoms with Crippen LogP contribution in [0.15, 0.2) is 43.1 Å². The SMILES string of the molecule is C=CN(Cc1ccccc1)NCCC[Si](OCC)(OCC)OCC. The Balaban J connectivity index is 2.43. The van der Waals surface area contributed by atoms with Crippen LogP contribution in [0.2, 0.25) is 6.04 Å². The van der Waals surface area contributed by atoms with E-state index < -0.39 is 8.80 Å². The van der Waals surface area contributed by atoms with E-state index in [-0.39, 0.29) is 0 Å². The molecule has 0 aromatic heterocycles. The maximum atomic E-state index is 5.87.